The van der Waals surface area contributed by atoms with Gasteiger partial charge in [-0.2, -0.15) is 0 Å². The number of benzene rings is 1. The Morgan fingerprint density at radius 2 is 1.75 bits per heavy atom. The van der Waals surface area contributed by atoms with E-state index < -0.39 is 0 Å². The first-order valence-corrected chi connectivity index (χ1v) is 10.6. The second-order valence-electron chi connectivity index (χ2n) is 8.02. The second-order valence-corrected chi connectivity index (χ2v) is 8.02. The number of hydrogen-bond donors (Lipinski definition) is 2. The molecule has 1 saturated carbocycles. The number of carbonyl (C=O) groups is 2. The first-order valence-electron chi connectivity index (χ1n) is 10.6. The van der Waals surface area contributed by atoms with E-state index >= 15 is 0 Å². The van der Waals surface area contributed by atoms with Crippen LogP contribution in [0.1, 0.15) is 51.9 Å². The number of methoxy groups -OCH3 is 1. The number of amides is 2. The van der Waals surface area contributed by atoms with E-state index in [0.717, 1.165) is 38.8 Å². The third kappa shape index (κ3) is 5.25. The minimum Gasteiger partial charge on any atom is -0.495 e. The highest BCUT2D eigenvalue weighted by Gasteiger charge is 2.30. The van der Waals surface area contributed by atoms with Gasteiger partial charge in [-0.25, -0.2) is 0 Å². The zero-order chi connectivity index (χ0) is 19.9. The van der Waals surface area contributed by atoms with Gasteiger partial charge < -0.3 is 15.4 Å². The Bertz CT molecular complexity index is 665. The highest BCUT2D eigenvalue weighted by Crippen LogP contribution is 2.26. The van der Waals surface area contributed by atoms with Crippen molar-refractivity contribution in [2.24, 2.45) is 5.92 Å². The normalized spacial score (nSPS) is 20.4. The van der Waals surface area contributed by atoms with Gasteiger partial charge in [-0.3, -0.25) is 14.5 Å². The number of anilines is 1. The quantitative estimate of drug-likeness (QED) is 0.786. The molecular formula is C22H33N3O3. The van der Waals surface area contributed by atoms with Crippen LogP contribution in [-0.2, 0) is 9.59 Å². The van der Waals surface area contributed by atoms with Gasteiger partial charge in [0.25, 0.3) is 0 Å². The van der Waals surface area contributed by atoms with Gasteiger partial charge in [-0.05, 0) is 57.8 Å². The lowest BCUT2D eigenvalue weighted by Crippen LogP contribution is -2.51. The average molecular weight is 388 g/mol. The van der Waals surface area contributed by atoms with Gasteiger partial charge in [0.2, 0.25) is 11.8 Å². The van der Waals surface area contributed by atoms with Crippen LogP contribution in [0.4, 0.5) is 5.69 Å². The summed E-state index contributed by atoms with van der Waals surface area (Å²) in [6.07, 6.45) is 7.45. The lowest BCUT2D eigenvalue weighted by atomic mass is 9.94. The molecule has 1 aromatic rings. The zero-order valence-corrected chi connectivity index (χ0v) is 17.1. The lowest BCUT2D eigenvalue weighted by Gasteiger charge is -2.35. The first kappa shape index (κ1) is 20.6. The van der Waals surface area contributed by atoms with E-state index in [1.54, 1.807) is 7.11 Å². The molecule has 2 N–H and O–H groups in total. The molecule has 2 aliphatic rings. The van der Waals surface area contributed by atoms with Crippen molar-refractivity contribution in [2.45, 2.75) is 64.0 Å². The van der Waals surface area contributed by atoms with Crippen molar-refractivity contribution in [3.05, 3.63) is 24.3 Å². The Morgan fingerprint density at radius 3 is 2.43 bits per heavy atom. The Labute approximate surface area is 168 Å². The predicted molar refractivity (Wildman–Crippen MR) is 110 cm³/mol. The molecule has 28 heavy (non-hydrogen) atoms. The SMILES string of the molecule is COc1ccccc1NC(=O)C1CCN(C(C)C(=O)NC2CCCCC2)CC1. The van der Waals surface area contributed by atoms with Gasteiger partial charge in [-0.1, -0.05) is 31.4 Å². The molecule has 1 aromatic carbocycles. The monoisotopic (exact) mass is 387 g/mol. The smallest absolute Gasteiger partial charge is 0.237 e. The van der Waals surface area contributed by atoms with E-state index in [-0.39, 0.29) is 23.8 Å². The molecule has 6 nitrogen and oxygen atoms in total. The number of carbonyl (C=O) groups excluding carboxylic acids is 2. The number of nitrogens with zero attached hydrogens (tertiary/aromatic N) is 1. The number of piperidine rings is 1. The molecule has 0 spiro atoms. The summed E-state index contributed by atoms with van der Waals surface area (Å²) in [5, 5.41) is 6.21. The fourth-order valence-corrected chi connectivity index (χ4v) is 4.27. The standard InChI is InChI=1S/C22H33N3O3/c1-16(21(26)23-18-8-4-3-5-9-18)25-14-12-17(13-15-25)22(27)24-19-10-6-7-11-20(19)28-2/h6-7,10-11,16-18H,3-5,8-9,12-15H2,1-2H3,(H,23,26)(H,24,27). The fraction of sp³-hybridized carbons (Fsp3) is 0.636. The summed E-state index contributed by atoms with van der Waals surface area (Å²) in [5.41, 5.74) is 0.706. The van der Waals surface area contributed by atoms with E-state index in [1.807, 2.05) is 31.2 Å². The van der Waals surface area contributed by atoms with Crippen molar-refractivity contribution < 1.29 is 14.3 Å². The summed E-state index contributed by atoms with van der Waals surface area (Å²) < 4.78 is 5.30. The number of nitrogens with one attached hydrogen (secondary N) is 2. The zero-order valence-electron chi connectivity index (χ0n) is 17.1. The highest BCUT2D eigenvalue weighted by molar-refractivity contribution is 5.94. The van der Waals surface area contributed by atoms with Crippen molar-refractivity contribution in [3.63, 3.8) is 0 Å². The van der Waals surface area contributed by atoms with E-state index in [4.69, 9.17) is 4.74 Å². The minimum atomic E-state index is -0.139. The van der Waals surface area contributed by atoms with E-state index in [0.29, 0.717) is 17.5 Å². The minimum absolute atomic E-state index is 0.0310. The summed E-state index contributed by atoms with van der Waals surface area (Å²) in [6, 6.07) is 7.65. The summed E-state index contributed by atoms with van der Waals surface area (Å²) in [6.45, 7) is 3.51. The van der Waals surface area contributed by atoms with Crippen LogP contribution in [0.2, 0.25) is 0 Å². The number of ether oxygens (including phenoxy) is 1. The highest BCUT2D eigenvalue weighted by atomic mass is 16.5. The van der Waals surface area contributed by atoms with Crippen LogP contribution in [0.3, 0.4) is 0 Å². The Balaban J connectivity index is 1.46. The van der Waals surface area contributed by atoms with Crippen LogP contribution < -0.4 is 15.4 Å². The van der Waals surface area contributed by atoms with E-state index in [2.05, 4.69) is 15.5 Å². The molecule has 1 saturated heterocycles. The molecule has 0 radical (unpaired) electrons. The van der Waals surface area contributed by atoms with Gasteiger partial charge in [0.05, 0.1) is 18.8 Å². The lowest BCUT2D eigenvalue weighted by molar-refractivity contribution is -0.128. The predicted octanol–water partition coefficient (Wildman–Crippen LogP) is 3.18. The van der Waals surface area contributed by atoms with Gasteiger partial charge >= 0.3 is 0 Å². The van der Waals surface area contributed by atoms with Crippen molar-refractivity contribution >= 4 is 17.5 Å². The van der Waals surface area contributed by atoms with Crippen molar-refractivity contribution in [2.75, 3.05) is 25.5 Å². The number of rotatable bonds is 6. The maximum Gasteiger partial charge on any atom is 0.237 e. The largest absolute Gasteiger partial charge is 0.495 e. The number of para-hydroxylation sites is 2. The molecule has 1 heterocycles. The van der Waals surface area contributed by atoms with Crippen LogP contribution in [-0.4, -0.2) is 49.0 Å². The third-order valence-electron chi connectivity index (χ3n) is 6.14. The fourth-order valence-electron chi connectivity index (χ4n) is 4.27. The van der Waals surface area contributed by atoms with Crippen molar-refractivity contribution in [1.29, 1.82) is 0 Å². The number of hydrogen-bond acceptors (Lipinski definition) is 4. The molecule has 2 fully saturated rings. The van der Waals surface area contributed by atoms with Crippen LogP contribution in [0.15, 0.2) is 24.3 Å². The van der Waals surface area contributed by atoms with Crippen molar-refractivity contribution in [3.8, 4) is 5.75 Å². The van der Waals surface area contributed by atoms with E-state index in [9.17, 15) is 9.59 Å². The van der Waals surface area contributed by atoms with Crippen LogP contribution in [0.5, 0.6) is 5.75 Å². The Hall–Kier alpha value is -2.08. The molecule has 0 bridgehead atoms. The van der Waals surface area contributed by atoms with Gasteiger partial charge in [-0.15, -0.1) is 0 Å². The van der Waals surface area contributed by atoms with E-state index in [1.165, 1.54) is 19.3 Å². The summed E-state index contributed by atoms with van der Waals surface area (Å²) in [7, 11) is 1.60. The second kappa shape index (κ2) is 9.92. The first-order chi connectivity index (χ1) is 13.6. The molecule has 1 atom stereocenters. The molecule has 3 rings (SSSR count). The maximum absolute atomic E-state index is 12.6. The summed E-state index contributed by atoms with van der Waals surface area (Å²) in [4.78, 5) is 27.4. The maximum atomic E-state index is 12.6. The van der Waals surface area contributed by atoms with Crippen LogP contribution in [0.25, 0.3) is 0 Å². The third-order valence-corrected chi connectivity index (χ3v) is 6.14. The molecule has 2 amide bonds. The number of likely N-dealkylation sites (tertiary alicyclic amines) is 1. The molecule has 154 valence electrons. The summed E-state index contributed by atoms with van der Waals surface area (Å²) in [5.74, 6) is 0.795. The molecule has 1 aliphatic heterocycles. The molecule has 1 unspecified atom stereocenters. The van der Waals surface area contributed by atoms with Gasteiger partial charge in [0.1, 0.15) is 5.75 Å². The van der Waals surface area contributed by atoms with Gasteiger partial charge in [0, 0.05) is 12.0 Å². The van der Waals surface area contributed by atoms with Crippen LogP contribution in [0, 0.1) is 5.92 Å². The molecule has 0 aromatic heterocycles. The Kier molecular flexibility index (Phi) is 7.31. The van der Waals surface area contributed by atoms with Crippen LogP contribution >= 0.6 is 0 Å². The summed E-state index contributed by atoms with van der Waals surface area (Å²) >= 11 is 0. The Morgan fingerprint density at radius 1 is 1.07 bits per heavy atom. The molecular weight excluding hydrogens is 354 g/mol. The molecule has 6 heteroatoms. The van der Waals surface area contributed by atoms with Crippen molar-refractivity contribution in [1.82, 2.24) is 10.2 Å². The average Bonchev–Trinajstić information content (AvgIpc) is 2.74. The van der Waals surface area contributed by atoms with Gasteiger partial charge in [0.15, 0.2) is 0 Å². The molecule has 1 aliphatic carbocycles. The topological polar surface area (TPSA) is 70.7 Å².